The van der Waals surface area contributed by atoms with Crippen molar-refractivity contribution >= 4 is 48.5 Å². The minimum absolute atomic E-state index is 0.132. The molecule has 90 valence electrons. The lowest BCUT2D eigenvalue weighted by molar-refractivity contribution is -0.115. The maximum absolute atomic E-state index is 13.0. The standard InChI is InChI=1S/C11H10BrFN2OS/c1-2-7(12)10(16)15-11-14-8-4-3-6(13)5-9(8)17-11/h3-5,7H,2H2,1H3,(H,14,15,16)/t7-/m0/s1. The van der Waals surface area contributed by atoms with Crippen LogP contribution in [0.25, 0.3) is 10.2 Å². The van der Waals surface area contributed by atoms with Crippen molar-refractivity contribution in [1.82, 2.24) is 4.98 Å². The molecule has 17 heavy (non-hydrogen) atoms. The van der Waals surface area contributed by atoms with Gasteiger partial charge in [0.2, 0.25) is 5.91 Å². The highest BCUT2D eigenvalue weighted by molar-refractivity contribution is 9.10. The van der Waals surface area contributed by atoms with Gasteiger partial charge in [0.25, 0.3) is 0 Å². The summed E-state index contributed by atoms with van der Waals surface area (Å²) in [6.07, 6.45) is 0.700. The van der Waals surface area contributed by atoms with Gasteiger partial charge < -0.3 is 5.32 Å². The van der Waals surface area contributed by atoms with E-state index in [0.717, 1.165) is 4.70 Å². The zero-order valence-electron chi connectivity index (χ0n) is 9.04. The Labute approximate surface area is 110 Å². The van der Waals surface area contributed by atoms with Crippen molar-refractivity contribution < 1.29 is 9.18 Å². The van der Waals surface area contributed by atoms with Gasteiger partial charge in [-0.1, -0.05) is 34.2 Å². The van der Waals surface area contributed by atoms with Crippen molar-refractivity contribution in [3.63, 3.8) is 0 Å². The molecule has 0 aliphatic heterocycles. The van der Waals surface area contributed by atoms with Crippen LogP contribution in [0, 0.1) is 5.82 Å². The maximum atomic E-state index is 13.0. The van der Waals surface area contributed by atoms with Gasteiger partial charge in [-0.05, 0) is 24.6 Å². The molecule has 0 spiro atoms. The first-order valence-corrected chi connectivity index (χ1v) is 6.84. The number of benzene rings is 1. The topological polar surface area (TPSA) is 42.0 Å². The number of alkyl halides is 1. The minimum atomic E-state index is -0.300. The van der Waals surface area contributed by atoms with Crippen LogP contribution in [0.5, 0.6) is 0 Å². The molecule has 0 saturated carbocycles. The highest BCUT2D eigenvalue weighted by Crippen LogP contribution is 2.26. The molecule has 0 fully saturated rings. The fraction of sp³-hybridized carbons (Fsp3) is 0.273. The number of halogens is 2. The number of hydrogen-bond acceptors (Lipinski definition) is 3. The van der Waals surface area contributed by atoms with E-state index in [4.69, 9.17) is 0 Å². The molecule has 0 saturated heterocycles. The second-order valence-electron chi connectivity index (χ2n) is 3.50. The fourth-order valence-electron chi connectivity index (χ4n) is 1.32. The number of carbonyl (C=O) groups is 1. The van der Waals surface area contributed by atoms with Crippen molar-refractivity contribution in [2.45, 2.75) is 18.2 Å². The van der Waals surface area contributed by atoms with E-state index in [0.29, 0.717) is 17.1 Å². The Bertz CT molecular complexity index is 557. The van der Waals surface area contributed by atoms with Crippen LogP contribution in [0.4, 0.5) is 9.52 Å². The Kier molecular flexibility index (Phi) is 3.73. The van der Waals surface area contributed by atoms with E-state index in [1.165, 1.54) is 23.5 Å². The van der Waals surface area contributed by atoms with Gasteiger partial charge in [0, 0.05) is 0 Å². The number of amides is 1. The summed E-state index contributed by atoms with van der Waals surface area (Å²) in [5.74, 6) is -0.432. The van der Waals surface area contributed by atoms with Crippen LogP contribution in [0.1, 0.15) is 13.3 Å². The molecule has 1 amide bonds. The summed E-state index contributed by atoms with van der Waals surface area (Å²) in [7, 11) is 0. The molecule has 6 heteroatoms. The number of aromatic nitrogens is 1. The van der Waals surface area contributed by atoms with Gasteiger partial charge in [-0.25, -0.2) is 9.37 Å². The first-order chi connectivity index (χ1) is 8.10. The van der Waals surface area contributed by atoms with Gasteiger partial charge in [0.1, 0.15) is 5.82 Å². The van der Waals surface area contributed by atoms with Gasteiger partial charge in [-0.2, -0.15) is 0 Å². The molecule has 0 unspecified atom stereocenters. The van der Waals surface area contributed by atoms with Crippen molar-refractivity contribution in [2.24, 2.45) is 0 Å². The zero-order chi connectivity index (χ0) is 12.4. The van der Waals surface area contributed by atoms with Crippen LogP contribution < -0.4 is 5.32 Å². The average molecular weight is 317 g/mol. The molecule has 1 aromatic carbocycles. The number of nitrogens with zero attached hydrogens (tertiary/aromatic N) is 1. The summed E-state index contributed by atoms with van der Waals surface area (Å²) in [6.45, 7) is 1.91. The van der Waals surface area contributed by atoms with Crippen molar-refractivity contribution in [2.75, 3.05) is 5.32 Å². The predicted octanol–water partition coefficient (Wildman–Crippen LogP) is 3.55. The average Bonchev–Trinajstić information content (AvgIpc) is 2.69. The third kappa shape index (κ3) is 2.81. The number of nitrogens with one attached hydrogen (secondary N) is 1. The van der Waals surface area contributed by atoms with Crippen LogP contribution in [-0.2, 0) is 4.79 Å². The van der Waals surface area contributed by atoms with Crippen molar-refractivity contribution in [3.05, 3.63) is 24.0 Å². The van der Waals surface area contributed by atoms with Crippen LogP contribution in [-0.4, -0.2) is 15.7 Å². The largest absolute Gasteiger partial charge is 0.301 e. The molecule has 0 aliphatic rings. The van der Waals surface area contributed by atoms with Crippen molar-refractivity contribution in [1.29, 1.82) is 0 Å². The number of fused-ring (bicyclic) bond motifs is 1. The lowest BCUT2D eigenvalue weighted by atomic mass is 10.3. The van der Waals surface area contributed by atoms with E-state index in [1.807, 2.05) is 6.92 Å². The lowest BCUT2D eigenvalue weighted by Crippen LogP contribution is -2.21. The molecule has 2 aromatic rings. The summed E-state index contributed by atoms with van der Waals surface area (Å²) in [6, 6.07) is 4.36. The predicted molar refractivity (Wildman–Crippen MR) is 71.2 cm³/mol. The van der Waals surface area contributed by atoms with Crippen LogP contribution in [0.15, 0.2) is 18.2 Å². The fourth-order valence-corrected chi connectivity index (χ4v) is 2.33. The molecule has 0 radical (unpaired) electrons. The van der Waals surface area contributed by atoms with E-state index in [-0.39, 0.29) is 16.6 Å². The smallest absolute Gasteiger partial charge is 0.239 e. The SMILES string of the molecule is CC[C@H](Br)C(=O)Nc1nc2ccc(F)cc2s1. The van der Waals surface area contributed by atoms with Gasteiger partial charge in [0.05, 0.1) is 15.0 Å². The summed E-state index contributed by atoms with van der Waals surface area (Å²) in [5.41, 5.74) is 0.689. The van der Waals surface area contributed by atoms with Gasteiger partial charge >= 0.3 is 0 Å². The molecule has 1 atom stereocenters. The molecule has 1 aromatic heterocycles. The van der Waals surface area contributed by atoms with E-state index >= 15 is 0 Å². The Morgan fingerprint density at radius 3 is 3.12 bits per heavy atom. The van der Waals surface area contributed by atoms with Gasteiger partial charge in [-0.15, -0.1) is 0 Å². The summed E-state index contributed by atoms with van der Waals surface area (Å²) >= 11 is 4.52. The van der Waals surface area contributed by atoms with Crippen LogP contribution in [0.3, 0.4) is 0 Å². The highest BCUT2D eigenvalue weighted by Gasteiger charge is 2.14. The van der Waals surface area contributed by atoms with Gasteiger partial charge in [-0.3, -0.25) is 4.79 Å². The Morgan fingerprint density at radius 1 is 1.65 bits per heavy atom. The Morgan fingerprint density at radius 2 is 2.41 bits per heavy atom. The molecule has 1 N–H and O–H groups in total. The monoisotopic (exact) mass is 316 g/mol. The first kappa shape index (κ1) is 12.4. The molecule has 0 aliphatic carbocycles. The highest BCUT2D eigenvalue weighted by atomic mass is 79.9. The number of thiazole rings is 1. The van der Waals surface area contributed by atoms with E-state index in [1.54, 1.807) is 6.07 Å². The number of anilines is 1. The summed E-state index contributed by atoms with van der Waals surface area (Å²) in [5, 5.41) is 3.19. The van der Waals surface area contributed by atoms with Crippen molar-refractivity contribution in [3.8, 4) is 0 Å². The third-order valence-electron chi connectivity index (χ3n) is 2.22. The molecular formula is C11H10BrFN2OS. The lowest BCUT2D eigenvalue weighted by Gasteiger charge is -2.04. The second kappa shape index (κ2) is 5.10. The molecule has 2 rings (SSSR count). The van der Waals surface area contributed by atoms with E-state index in [9.17, 15) is 9.18 Å². The molecule has 0 bridgehead atoms. The van der Waals surface area contributed by atoms with Crippen LogP contribution >= 0.6 is 27.3 Å². The normalized spacial score (nSPS) is 12.6. The minimum Gasteiger partial charge on any atom is -0.301 e. The molecule has 3 nitrogen and oxygen atoms in total. The summed E-state index contributed by atoms with van der Waals surface area (Å²) in [4.78, 5) is 15.6. The zero-order valence-corrected chi connectivity index (χ0v) is 11.4. The van der Waals surface area contributed by atoms with E-state index < -0.39 is 0 Å². The third-order valence-corrected chi connectivity index (χ3v) is 4.22. The summed E-state index contributed by atoms with van der Waals surface area (Å²) < 4.78 is 13.7. The quantitative estimate of drug-likeness (QED) is 0.880. The van der Waals surface area contributed by atoms with Crippen LogP contribution in [0.2, 0.25) is 0 Å². The second-order valence-corrected chi connectivity index (χ2v) is 5.63. The Hall–Kier alpha value is -1.01. The number of hydrogen-bond donors (Lipinski definition) is 1. The molecule has 1 heterocycles. The maximum Gasteiger partial charge on any atom is 0.239 e. The first-order valence-electron chi connectivity index (χ1n) is 5.11. The number of rotatable bonds is 3. The Balaban J connectivity index is 2.22. The number of carbonyl (C=O) groups excluding carboxylic acids is 1. The molecular weight excluding hydrogens is 307 g/mol. The van der Waals surface area contributed by atoms with Gasteiger partial charge in [0.15, 0.2) is 5.13 Å². The van der Waals surface area contributed by atoms with E-state index in [2.05, 4.69) is 26.2 Å².